The van der Waals surface area contributed by atoms with Gasteiger partial charge in [0.15, 0.2) is 5.82 Å². The van der Waals surface area contributed by atoms with Crippen molar-refractivity contribution < 1.29 is 19.3 Å². The van der Waals surface area contributed by atoms with Crippen LogP contribution in [-0.2, 0) is 11.3 Å². The Bertz CT molecular complexity index is 1130. The first-order valence-electron chi connectivity index (χ1n) is 10.9. The van der Waals surface area contributed by atoms with Gasteiger partial charge in [-0.05, 0) is 30.7 Å². The molecule has 3 aromatic rings. The molecule has 2 aliphatic rings. The topological polar surface area (TPSA) is 58.5 Å². The average Bonchev–Trinajstić information content (AvgIpc) is 3.19. The summed E-state index contributed by atoms with van der Waals surface area (Å²) in [7, 11) is 0. The zero-order valence-corrected chi connectivity index (χ0v) is 18.3. The molecule has 0 amide bonds. The van der Waals surface area contributed by atoms with Gasteiger partial charge in [-0.25, -0.2) is 17.9 Å². The molecule has 2 fully saturated rings. The highest BCUT2D eigenvalue weighted by molar-refractivity contribution is 5.57. The van der Waals surface area contributed by atoms with E-state index in [1.807, 2.05) is 13.0 Å². The van der Waals surface area contributed by atoms with Gasteiger partial charge in [0.1, 0.15) is 18.0 Å². The van der Waals surface area contributed by atoms with Crippen LogP contribution in [0.25, 0.3) is 5.69 Å². The van der Waals surface area contributed by atoms with Crippen molar-refractivity contribution in [2.45, 2.75) is 19.5 Å². The Morgan fingerprint density at radius 3 is 2.42 bits per heavy atom. The van der Waals surface area contributed by atoms with Crippen LogP contribution in [0, 0.1) is 24.4 Å². The number of hydrogen-bond donors (Lipinski definition) is 1. The molecule has 0 spiro atoms. The molecule has 0 atom stereocenters. The van der Waals surface area contributed by atoms with Crippen LogP contribution in [0.2, 0.25) is 0 Å². The van der Waals surface area contributed by atoms with Crippen molar-refractivity contribution in [3.8, 4) is 5.69 Å². The van der Waals surface area contributed by atoms with Gasteiger partial charge in [0.2, 0.25) is 5.95 Å². The minimum atomic E-state index is -0.716. The number of aromatic nitrogens is 3. The zero-order valence-electron chi connectivity index (χ0n) is 18.3. The van der Waals surface area contributed by atoms with Crippen LogP contribution < -0.4 is 5.32 Å². The lowest BCUT2D eigenvalue weighted by atomic mass is 10.1. The standard InChI is InChI=1S/C23H25F3N6O.H2/c1-15-6-16(11-30-2-4-31(5-3-30)20-12-33-13-20)22(26)21(7-15)28-23-27-14-32(29-23)19-9-17(24)8-18(25)10-19;/h6-10,14,20H,2-5,11-13H2,1H3,(H,28,29);1H. The molecule has 33 heavy (non-hydrogen) atoms. The van der Waals surface area contributed by atoms with Gasteiger partial charge in [0.05, 0.1) is 30.6 Å². The van der Waals surface area contributed by atoms with E-state index in [-0.39, 0.29) is 24.6 Å². The van der Waals surface area contributed by atoms with E-state index in [0.717, 1.165) is 63.2 Å². The summed E-state index contributed by atoms with van der Waals surface area (Å²) < 4.78 is 48.8. The SMILES string of the molecule is Cc1cc(CN2CCN(C3COC3)CC2)c(F)c(Nc2ncn(-c3cc(F)cc(F)c3)n2)c1.[HH]. The molecule has 0 aliphatic carbocycles. The zero-order chi connectivity index (χ0) is 22.9. The molecule has 0 saturated carbocycles. The highest BCUT2D eigenvalue weighted by Crippen LogP contribution is 2.25. The summed E-state index contributed by atoms with van der Waals surface area (Å²) in [4.78, 5) is 8.79. The number of nitrogens with one attached hydrogen (secondary N) is 1. The van der Waals surface area contributed by atoms with Gasteiger partial charge >= 0.3 is 0 Å². The second-order valence-electron chi connectivity index (χ2n) is 8.55. The predicted octanol–water partition coefficient (Wildman–Crippen LogP) is 3.50. The minimum absolute atomic E-state index is 0. The number of benzene rings is 2. The molecular weight excluding hydrogens is 433 g/mol. The first kappa shape index (κ1) is 21.9. The number of halogens is 3. The summed E-state index contributed by atoms with van der Waals surface area (Å²) >= 11 is 0. The first-order chi connectivity index (χ1) is 15.9. The van der Waals surface area contributed by atoms with Crippen molar-refractivity contribution in [1.29, 1.82) is 0 Å². The van der Waals surface area contributed by atoms with Crippen LogP contribution >= 0.6 is 0 Å². The van der Waals surface area contributed by atoms with Crippen molar-refractivity contribution in [2.24, 2.45) is 0 Å². The molecule has 176 valence electrons. The summed E-state index contributed by atoms with van der Waals surface area (Å²) in [6.45, 7) is 7.69. The fraction of sp³-hybridized carbons (Fsp3) is 0.391. The van der Waals surface area contributed by atoms with E-state index >= 15 is 4.39 Å². The molecule has 10 heteroatoms. The largest absolute Gasteiger partial charge is 0.378 e. The molecule has 7 nitrogen and oxygen atoms in total. The van der Waals surface area contributed by atoms with Crippen molar-refractivity contribution in [2.75, 3.05) is 44.7 Å². The van der Waals surface area contributed by atoms with Gasteiger partial charge in [-0.15, -0.1) is 5.10 Å². The summed E-state index contributed by atoms with van der Waals surface area (Å²) in [5.41, 5.74) is 1.96. The molecule has 2 aromatic carbocycles. The third-order valence-corrected chi connectivity index (χ3v) is 6.08. The van der Waals surface area contributed by atoms with E-state index in [9.17, 15) is 8.78 Å². The third-order valence-electron chi connectivity index (χ3n) is 6.08. The van der Waals surface area contributed by atoms with E-state index in [2.05, 4.69) is 25.2 Å². The highest BCUT2D eigenvalue weighted by Gasteiger charge is 2.29. The number of ether oxygens (including phenoxy) is 1. The van der Waals surface area contributed by atoms with Crippen LogP contribution in [0.1, 0.15) is 12.6 Å². The maximum absolute atomic E-state index is 15.3. The molecule has 1 N–H and O–H groups in total. The molecular formula is C23H27F3N6O. The van der Waals surface area contributed by atoms with Gasteiger partial charge in [-0.3, -0.25) is 9.80 Å². The molecule has 3 heterocycles. The molecule has 1 aromatic heterocycles. The van der Waals surface area contributed by atoms with Crippen LogP contribution in [0.5, 0.6) is 0 Å². The number of rotatable bonds is 6. The van der Waals surface area contributed by atoms with E-state index in [1.165, 1.54) is 11.0 Å². The summed E-state index contributed by atoms with van der Waals surface area (Å²) in [6, 6.07) is 7.14. The lowest BCUT2D eigenvalue weighted by molar-refractivity contribution is -0.0774. The smallest absolute Gasteiger partial charge is 0.247 e. The number of nitrogens with zero attached hydrogens (tertiary/aromatic N) is 5. The Morgan fingerprint density at radius 1 is 1.03 bits per heavy atom. The van der Waals surface area contributed by atoms with E-state index in [1.54, 1.807) is 6.07 Å². The second-order valence-corrected chi connectivity index (χ2v) is 8.55. The molecule has 0 unspecified atom stereocenters. The maximum atomic E-state index is 15.3. The second kappa shape index (κ2) is 9.12. The average molecular weight is 461 g/mol. The van der Waals surface area contributed by atoms with Crippen molar-refractivity contribution in [3.05, 3.63) is 65.2 Å². The summed E-state index contributed by atoms with van der Waals surface area (Å²) in [5.74, 6) is -1.66. The Balaban J connectivity index is 0.00000274. The summed E-state index contributed by atoms with van der Waals surface area (Å²) in [5, 5.41) is 7.08. The molecule has 0 bridgehead atoms. The number of hydrogen-bond acceptors (Lipinski definition) is 6. The van der Waals surface area contributed by atoms with E-state index < -0.39 is 11.6 Å². The number of piperazine rings is 1. The van der Waals surface area contributed by atoms with Gasteiger partial charge in [0, 0.05) is 45.8 Å². The highest BCUT2D eigenvalue weighted by atomic mass is 19.1. The number of aryl methyl sites for hydroxylation is 1. The van der Waals surface area contributed by atoms with Gasteiger partial charge in [-0.1, -0.05) is 6.07 Å². The fourth-order valence-electron chi connectivity index (χ4n) is 4.25. The third kappa shape index (κ3) is 4.87. The molecule has 5 rings (SSSR count). The Labute approximate surface area is 191 Å². The van der Waals surface area contributed by atoms with Crippen molar-refractivity contribution >= 4 is 11.6 Å². The number of anilines is 2. The Kier molecular flexibility index (Phi) is 6.05. The monoisotopic (exact) mass is 460 g/mol. The quantitative estimate of drug-likeness (QED) is 0.608. The molecule has 2 saturated heterocycles. The molecule has 0 radical (unpaired) electrons. The van der Waals surface area contributed by atoms with Gasteiger partial charge in [0.25, 0.3) is 0 Å². The van der Waals surface area contributed by atoms with Crippen LogP contribution in [0.3, 0.4) is 0 Å². The van der Waals surface area contributed by atoms with Crippen LogP contribution in [0.4, 0.5) is 24.8 Å². The van der Waals surface area contributed by atoms with Gasteiger partial charge < -0.3 is 10.1 Å². The van der Waals surface area contributed by atoms with Crippen molar-refractivity contribution in [1.82, 2.24) is 24.6 Å². The van der Waals surface area contributed by atoms with Gasteiger partial charge in [-0.2, -0.15) is 4.98 Å². The Morgan fingerprint density at radius 2 is 1.76 bits per heavy atom. The predicted molar refractivity (Wildman–Crippen MR) is 119 cm³/mol. The fourth-order valence-corrected chi connectivity index (χ4v) is 4.25. The molecule has 2 aliphatic heterocycles. The van der Waals surface area contributed by atoms with Crippen molar-refractivity contribution in [3.63, 3.8) is 0 Å². The van der Waals surface area contributed by atoms with Crippen LogP contribution in [0.15, 0.2) is 36.7 Å². The lowest BCUT2D eigenvalue weighted by Gasteiger charge is -2.42. The normalized spacial score (nSPS) is 17.8. The first-order valence-corrected chi connectivity index (χ1v) is 10.9. The minimum Gasteiger partial charge on any atom is -0.378 e. The van der Waals surface area contributed by atoms with E-state index in [0.29, 0.717) is 18.2 Å². The lowest BCUT2D eigenvalue weighted by Crippen LogP contribution is -2.56. The van der Waals surface area contributed by atoms with Crippen LogP contribution in [-0.4, -0.2) is 70.0 Å². The maximum Gasteiger partial charge on any atom is 0.247 e. The Hall–Kier alpha value is -2.95. The van der Waals surface area contributed by atoms with E-state index in [4.69, 9.17) is 4.74 Å². The summed E-state index contributed by atoms with van der Waals surface area (Å²) in [6.07, 6.45) is 1.32.